The minimum atomic E-state index is -3.82. The van der Waals surface area contributed by atoms with Crippen LogP contribution in [0.5, 0.6) is 0 Å². The Morgan fingerprint density at radius 1 is 1.27 bits per heavy atom. The fourth-order valence-corrected chi connectivity index (χ4v) is 1.60. The number of nitrogen functional groups attached to an aromatic ring is 1. The van der Waals surface area contributed by atoms with Crippen molar-refractivity contribution in [3.63, 3.8) is 0 Å². The third-order valence-corrected chi connectivity index (χ3v) is 2.23. The van der Waals surface area contributed by atoms with Gasteiger partial charge < -0.3 is 0 Å². The molecule has 0 bridgehead atoms. The molecular weight excluding hydrogens is 242 g/mol. The third-order valence-electron chi connectivity index (χ3n) is 1.52. The van der Waals surface area contributed by atoms with Gasteiger partial charge >= 0.3 is 9.24 Å². The maximum absolute atomic E-state index is 11.0. The Kier molecular flexibility index (Phi) is 3.51. The number of amides is 1. The van der Waals surface area contributed by atoms with Gasteiger partial charge in [-0.2, -0.15) is 8.42 Å². The third kappa shape index (κ3) is 3.74. The Hall–Kier alpha value is -1.31. The summed E-state index contributed by atoms with van der Waals surface area (Å²) in [5.41, 5.74) is 2.52. The molecule has 0 unspecified atom stereocenters. The topological polar surface area (TPSA) is 101 Å². The van der Waals surface area contributed by atoms with Crippen LogP contribution in [0.1, 0.15) is 10.4 Å². The Bertz CT molecular complexity index is 457. The van der Waals surface area contributed by atoms with Gasteiger partial charge in [0.2, 0.25) is 0 Å². The van der Waals surface area contributed by atoms with Gasteiger partial charge in [-0.25, -0.2) is 5.84 Å². The Morgan fingerprint density at radius 2 is 1.80 bits per heavy atom. The zero-order valence-corrected chi connectivity index (χ0v) is 8.97. The minimum Gasteiger partial charge on any atom is -0.290 e. The summed E-state index contributed by atoms with van der Waals surface area (Å²) >= 11 is 0. The number of nitrogens with one attached hydrogen (secondary N) is 2. The van der Waals surface area contributed by atoms with E-state index in [-0.39, 0.29) is 5.69 Å². The lowest BCUT2D eigenvalue weighted by Gasteiger charge is -2.03. The van der Waals surface area contributed by atoms with E-state index in [4.69, 9.17) is 16.5 Å². The molecule has 1 rings (SSSR count). The lowest BCUT2D eigenvalue weighted by Crippen LogP contribution is -2.29. The number of nitrogens with two attached hydrogens (primary N) is 1. The van der Waals surface area contributed by atoms with Gasteiger partial charge in [0.25, 0.3) is 5.91 Å². The van der Waals surface area contributed by atoms with E-state index < -0.39 is 15.1 Å². The molecule has 0 heterocycles. The highest BCUT2D eigenvalue weighted by Gasteiger charge is 2.06. The van der Waals surface area contributed by atoms with Crippen LogP contribution in [-0.4, -0.2) is 14.3 Å². The summed E-state index contributed by atoms with van der Waals surface area (Å²) in [6.45, 7) is 0. The van der Waals surface area contributed by atoms with Crippen molar-refractivity contribution in [2.24, 2.45) is 5.84 Å². The zero-order valence-electron chi connectivity index (χ0n) is 7.40. The summed E-state index contributed by atoms with van der Waals surface area (Å²) in [4.78, 5) is 11.0. The summed E-state index contributed by atoms with van der Waals surface area (Å²) < 4.78 is 23.3. The van der Waals surface area contributed by atoms with E-state index in [1.165, 1.54) is 24.3 Å². The molecule has 0 aliphatic carbocycles. The van der Waals surface area contributed by atoms with Crippen LogP contribution >= 0.6 is 10.7 Å². The average Bonchev–Trinajstić information content (AvgIpc) is 2.15. The summed E-state index contributed by atoms with van der Waals surface area (Å²) in [5.74, 6) is 4.45. The molecule has 1 aromatic rings. The molecule has 1 aromatic carbocycles. The van der Waals surface area contributed by atoms with Crippen LogP contribution < -0.4 is 16.0 Å². The molecule has 4 N–H and O–H groups in total. The summed E-state index contributed by atoms with van der Waals surface area (Å²) in [5, 5.41) is 0. The van der Waals surface area contributed by atoms with Crippen LogP contribution in [-0.2, 0) is 9.24 Å². The van der Waals surface area contributed by atoms with Crippen molar-refractivity contribution in [1.82, 2.24) is 5.43 Å². The van der Waals surface area contributed by atoms with Crippen molar-refractivity contribution in [2.75, 3.05) is 4.72 Å². The molecule has 0 saturated carbocycles. The number of benzene rings is 1. The zero-order chi connectivity index (χ0) is 11.5. The molecule has 8 heteroatoms. The second kappa shape index (κ2) is 4.47. The Morgan fingerprint density at radius 3 is 2.20 bits per heavy atom. The summed E-state index contributed by atoms with van der Waals surface area (Å²) in [7, 11) is 1.14. The van der Waals surface area contributed by atoms with Crippen LogP contribution in [0, 0.1) is 0 Å². The lowest BCUT2D eigenvalue weighted by molar-refractivity contribution is 0.0953. The first-order chi connectivity index (χ1) is 6.92. The van der Waals surface area contributed by atoms with Crippen molar-refractivity contribution in [3.05, 3.63) is 29.8 Å². The number of hydrogen-bond acceptors (Lipinski definition) is 4. The Labute approximate surface area is 90.9 Å². The van der Waals surface area contributed by atoms with Crippen molar-refractivity contribution in [1.29, 1.82) is 0 Å². The quantitative estimate of drug-likeness (QED) is 0.308. The number of hydrazine groups is 1. The number of halogens is 1. The second-order valence-corrected chi connectivity index (χ2v) is 4.89. The van der Waals surface area contributed by atoms with Gasteiger partial charge in [-0.15, -0.1) is 0 Å². The summed E-state index contributed by atoms with van der Waals surface area (Å²) in [6.07, 6.45) is 0. The van der Waals surface area contributed by atoms with Gasteiger partial charge in [0, 0.05) is 21.9 Å². The lowest BCUT2D eigenvalue weighted by atomic mass is 10.2. The SMILES string of the molecule is NNC(=O)c1ccc(NS(=O)(=O)Cl)cc1. The second-order valence-electron chi connectivity index (χ2n) is 2.59. The molecule has 0 aliphatic heterocycles. The van der Waals surface area contributed by atoms with Gasteiger partial charge in [0.05, 0.1) is 0 Å². The number of hydrogen-bond donors (Lipinski definition) is 3. The molecule has 6 nitrogen and oxygen atoms in total. The largest absolute Gasteiger partial charge is 0.319 e. The van der Waals surface area contributed by atoms with Crippen LogP contribution in [0.3, 0.4) is 0 Å². The number of carbonyl (C=O) groups is 1. The van der Waals surface area contributed by atoms with E-state index in [1.807, 2.05) is 10.1 Å². The molecule has 0 spiro atoms. The summed E-state index contributed by atoms with van der Waals surface area (Å²) in [6, 6.07) is 5.61. The molecule has 82 valence electrons. The molecule has 0 aromatic heterocycles. The molecule has 15 heavy (non-hydrogen) atoms. The van der Waals surface area contributed by atoms with Gasteiger partial charge in [-0.05, 0) is 24.3 Å². The molecule has 1 amide bonds. The molecule has 0 fully saturated rings. The van der Waals surface area contributed by atoms with E-state index in [0.29, 0.717) is 5.56 Å². The van der Waals surface area contributed by atoms with E-state index >= 15 is 0 Å². The monoisotopic (exact) mass is 249 g/mol. The minimum absolute atomic E-state index is 0.263. The van der Waals surface area contributed by atoms with Crippen molar-refractivity contribution >= 4 is 31.5 Å². The van der Waals surface area contributed by atoms with Gasteiger partial charge in [-0.1, -0.05) is 0 Å². The van der Waals surface area contributed by atoms with Gasteiger partial charge in [0.1, 0.15) is 0 Å². The van der Waals surface area contributed by atoms with E-state index in [1.54, 1.807) is 0 Å². The molecule has 0 radical (unpaired) electrons. The van der Waals surface area contributed by atoms with Crippen molar-refractivity contribution < 1.29 is 13.2 Å². The molecule has 0 aliphatic rings. The highest BCUT2D eigenvalue weighted by molar-refractivity contribution is 8.14. The number of rotatable bonds is 3. The van der Waals surface area contributed by atoms with Crippen LogP contribution in [0.15, 0.2) is 24.3 Å². The van der Waals surface area contributed by atoms with Gasteiger partial charge in [-0.3, -0.25) is 14.9 Å². The molecular formula is C7H8ClN3O3S. The smallest absolute Gasteiger partial charge is 0.290 e. The van der Waals surface area contributed by atoms with Gasteiger partial charge in [0.15, 0.2) is 0 Å². The first-order valence-electron chi connectivity index (χ1n) is 3.76. The predicted octanol–water partition coefficient (Wildman–Crippen LogP) is 0.186. The number of carbonyl (C=O) groups excluding carboxylic acids is 1. The highest BCUT2D eigenvalue weighted by atomic mass is 35.7. The first kappa shape index (κ1) is 11.8. The highest BCUT2D eigenvalue weighted by Crippen LogP contribution is 2.12. The fourth-order valence-electron chi connectivity index (χ4n) is 0.914. The van der Waals surface area contributed by atoms with Crippen molar-refractivity contribution in [3.8, 4) is 0 Å². The maximum Gasteiger partial charge on any atom is 0.319 e. The first-order valence-corrected chi connectivity index (χ1v) is 6.07. The molecule has 0 atom stereocenters. The van der Waals surface area contributed by atoms with Crippen LogP contribution in [0.25, 0.3) is 0 Å². The molecule has 0 saturated heterocycles. The maximum atomic E-state index is 11.0. The Balaban J connectivity index is 2.86. The van der Waals surface area contributed by atoms with E-state index in [2.05, 4.69) is 0 Å². The number of anilines is 1. The average molecular weight is 250 g/mol. The van der Waals surface area contributed by atoms with Crippen LogP contribution in [0.2, 0.25) is 0 Å². The van der Waals surface area contributed by atoms with Crippen LogP contribution in [0.4, 0.5) is 5.69 Å². The normalized spacial score (nSPS) is 10.8. The fraction of sp³-hybridized carbons (Fsp3) is 0. The predicted molar refractivity (Wildman–Crippen MR) is 56.5 cm³/mol. The standard InChI is InChI=1S/C7H8ClN3O3S/c8-15(13,14)11-6-3-1-5(2-4-6)7(12)10-9/h1-4,11H,9H2,(H,10,12). The van der Waals surface area contributed by atoms with Crippen molar-refractivity contribution in [2.45, 2.75) is 0 Å². The van der Waals surface area contributed by atoms with E-state index in [9.17, 15) is 13.2 Å². The van der Waals surface area contributed by atoms with E-state index in [0.717, 1.165) is 0 Å².